The zero-order valence-electron chi connectivity index (χ0n) is 19.1. The van der Waals surface area contributed by atoms with Crippen LogP contribution in [0.1, 0.15) is 11.1 Å². The van der Waals surface area contributed by atoms with Gasteiger partial charge in [0, 0.05) is 28.5 Å². The lowest BCUT2D eigenvalue weighted by Crippen LogP contribution is -2.07. The zero-order chi connectivity index (χ0) is 25.2. The quantitative estimate of drug-likeness (QED) is 0.248. The lowest BCUT2D eigenvalue weighted by molar-refractivity contribution is -0.120. The molecule has 0 radical (unpaired) electrons. The highest BCUT2D eigenvalue weighted by Gasteiger charge is 2.18. The highest BCUT2D eigenvalue weighted by Crippen LogP contribution is 2.40. The predicted molar refractivity (Wildman–Crippen MR) is 131 cm³/mol. The predicted octanol–water partition coefficient (Wildman–Crippen LogP) is 5.64. The van der Waals surface area contributed by atoms with Crippen molar-refractivity contribution in [1.29, 1.82) is 0 Å². The molecule has 36 heavy (non-hydrogen) atoms. The number of ether oxygens (including phenoxy) is 1. The Morgan fingerprint density at radius 1 is 1.08 bits per heavy atom. The number of amides is 1. The summed E-state index contributed by atoms with van der Waals surface area (Å²) in [5, 5.41) is 19.9. The highest BCUT2D eigenvalue weighted by molar-refractivity contribution is 5.96. The number of hydrogen-bond acceptors (Lipinski definition) is 6. The van der Waals surface area contributed by atoms with E-state index in [9.17, 15) is 19.1 Å². The van der Waals surface area contributed by atoms with E-state index in [1.165, 1.54) is 22.8 Å². The van der Waals surface area contributed by atoms with Crippen LogP contribution in [-0.4, -0.2) is 22.2 Å². The van der Waals surface area contributed by atoms with Crippen LogP contribution in [0.5, 0.6) is 11.6 Å². The molecule has 1 amide bonds. The first-order valence-corrected chi connectivity index (χ1v) is 11.1. The number of carbonyl (C=O) groups is 1. The summed E-state index contributed by atoms with van der Waals surface area (Å²) >= 11 is 0. The SMILES string of the molecule is Cc1ccc2c(c1)c(N=NC(=O)COc1ccc3ccc(=O)oc3c1)c(O)n2Cc1ccccc1F. The Balaban J connectivity index is 1.39. The summed E-state index contributed by atoms with van der Waals surface area (Å²) in [7, 11) is 0. The van der Waals surface area contributed by atoms with Crippen LogP contribution in [0, 0.1) is 12.7 Å². The van der Waals surface area contributed by atoms with Crippen LogP contribution in [0.4, 0.5) is 10.1 Å². The molecule has 0 bridgehead atoms. The third-order valence-corrected chi connectivity index (χ3v) is 5.67. The lowest BCUT2D eigenvalue weighted by Gasteiger charge is -2.08. The second-order valence-corrected chi connectivity index (χ2v) is 8.21. The third-order valence-electron chi connectivity index (χ3n) is 5.67. The number of halogens is 1. The van der Waals surface area contributed by atoms with Gasteiger partial charge in [-0.3, -0.25) is 4.79 Å². The molecule has 2 aromatic heterocycles. The molecule has 0 saturated heterocycles. The number of benzene rings is 3. The normalized spacial score (nSPS) is 11.5. The van der Waals surface area contributed by atoms with Crippen LogP contribution in [0.3, 0.4) is 0 Å². The molecule has 5 rings (SSSR count). The second kappa shape index (κ2) is 9.46. The van der Waals surface area contributed by atoms with Crippen LogP contribution < -0.4 is 10.4 Å². The maximum Gasteiger partial charge on any atom is 0.336 e. The van der Waals surface area contributed by atoms with Crippen molar-refractivity contribution in [3.05, 3.63) is 100 Å². The topological polar surface area (TPSA) is 106 Å². The number of nitrogens with zero attached hydrogens (tertiary/aromatic N) is 3. The largest absolute Gasteiger partial charge is 0.493 e. The van der Waals surface area contributed by atoms with Crippen molar-refractivity contribution < 1.29 is 23.4 Å². The van der Waals surface area contributed by atoms with Gasteiger partial charge in [0.2, 0.25) is 5.88 Å². The van der Waals surface area contributed by atoms with E-state index in [1.54, 1.807) is 42.5 Å². The molecule has 0 saturated carbocycles. The number of rotatable bonds is 6. The Morgan fingerprint density at radius 2 is 1.89 bits per heavy atom. The Hall–Kier alpha value is -4.79. The van der Waals surface area contributed by atoms with E-state index < -0.39 is 24.0 Å². The number of fused-ring (bicyclic) bond motifs is 2. The minimum Gasteiger partial charge on any atom is -0.493 e. The van der Waals surface area contributed by atoms with Crippen molar-refractivity contribution in [1.82, 2.24) is 4.57 Å². The fraction of sp³-hybridized carbons (Fsp3) is 0.111. The van der Waals surface area contributed by atoms with Crippen molar-refractivity contribution in [3.8, 4) is 11.6 Å². The van der Waals surface area contributed by atoms with Gasteiger partial charge < -0.3 is 18.8 Å². The summed E-state index contributed by atoms with van der Waals surface area (Å²) in [6.45, 7) is 1.54. The molecule has 8 nitrogen and oxygen atoms in total. The van der Waals surface area contributed by atoms with Crippen molar-refractivity contribution in [3.63, 3.8) is 0 Å². The van der Waals surface area contributed by atoms with E-state index in [4.69, 9.17) is 9.15 Å². The Bertz CT molecular complexity index is 1700. The summed E-state index contributed by atoms with van der Waals surface area (Å²) in [5.74, 6) is -0.998. The van der Waals surface area contributed by atoms with Crippen molar-refractivity contribution >= 4 is 33.5 Å². The fourth-order valence-electron chi connectivity index (χ4n) is 3.90. The molecule has 0 spiro atoms. The average molecular weight is 485 g/mol. The van der Waals surface area contributed by atoms with Crippen LogP contribution in [0.2, 0.25) is 0 Å². The van der Waals surface area contributed by atoms with Crippen LogP contribution in [0.15, 0.2) is 92.2 Å². The van der Waals surface area contributed by atoms with Gasteiger partial charge in [0.25, 0.3) is 0 Å². The maximum absolute atomic E-state index is 14.2. The first-order chi connectivity index (χ1) is 17.4. The molecule has 0 aliphatic heterocycles. The van der Waals surface area contributed by atoms with E-state index in [-0.39, 0.29) is 18.1 Å². The molecule has 0 aliphatic carbocycles. The number of aromatic hydroxyl groups is 1. The monoisotopic (exact) mass is 485 g/mol. The van der Waals surface area contributed by atoms with Gasteiger partial charge >= 0.3 is 11.5 Å². The molecule has 9 heteroatoms. The molecular weight excluding hydrogens is 465 g/mol. The summed E-state index contributed by atoms with van der Waals surface area (Å²) in [6, 6.07) is 19.6. The van der Waals surface area contributed by atoms with E-state index >= 15 is 0 Å². The van der Waals surface area contributed by atoms with Gasteiger partial charge in [-0.15, -0.1) is 10.2 Å². The number of aryl methyl sites for hydroxylation is 1. The molecule has 2 heterocycles. The molecule has 0 unspecified atom stereocenters. The first-order valence-electron chi connectivity index (χ1n) is 11.1. The molecule has 0 aliphatic rings. The smallest absolute Gasteiger partial charge is 0.336 e. The van der Waals surface area contributed by atoms with Gasteiger partial charge in [-0.2, -0.15) is 0 Å². The second-order valence-electron chi connectivity index (χ2n) is 8.21. The number of carbonyl (C=O) groups excluding carboxylic acids is 1. The summed E-state index contributed by atoms with van der Waals surface area (Å²) in [6.07, 6.45) is 0. The van der Waals surface area contributed by atoms with Gasteiger partial charge in [0.05, 0.1) is 12.1 Å². The van der Waals surface area contributed by atoms with Crippen molar-refractivity contribution in [2.24, 2.45) is 10.2 Å². The third kappa shape index (κ3) is 4.58. The molecule has 180 valence electrons. The lowest BCUT2D eigenvalue weighted by atomic mass is 10.1. The molecular formula is C27H20FN3O5. The van der Waals surface area contributed by atoms with Crippen LogP contribution in [-0.2, 0) is 11.3 Å². The molecule has 0 fully saturated rings. The zero-order valence-corrected chi connectivity index (χ0v) is 19.1. The van der Waals surface area contributed by atoms with E-state index in [0.29, 0.717) is 33.2 Å². The van der Waals surface area contributed by atoms with Crippen LogP contribution >= 0.6 is 0 Å². The van der Waals surface area contributed by atoms with Gasteiger partial charge in [-0.05, 0) is 43.3 Å². The van der Waals surface area contributed by atoms with E-state index in [0.717, 1.165) is 5.56 Å². The van der Waals surface area contributed by atoms with Gasteiger partial charge in [0.15, 0.2) is 12.3 Å². The van der Waals surface area contributed by atoms with Crippen molar-refractivity contribution in [2.75, 3.05) is 6.61 Å². The van der Waals surface area contributed by atoms with Gasteiger partial charge in [-0.25, -0.2) is 9.18 Å². The standard InChI is InChI=1S/C27H20FN3O5/c1-16-6-10-22-20(12-16)26(27(34)31(22)14-18-4-2-3-5-21(18)28)30-29-24(32)15-35-19-9-7-17-8-11-25(33)36-23(17)13-19/h2-13,34H,14-15H2,1H3. The molecule has 5 aromatic rings. The van der Waals surface area contributed by atoms with Crippen molar-refractivity contribution in [2.45, 2.75) is 13.5 Å². The number of aromatic nitrogens is 1. The summed E-state index contributed by atoms with van der Waals surface area (Å²) in [4.78, 5) is 23.8. The van der Waals surface area contributed by atoms with E-state index in [2.05, 4.69) is 10.2 Å². The Labute approximate surface area is 203 Å². The minimum atomic E-state index is -0.688. The molecule has 1 N–H and O–H groups in total. The van der Waals surface area contributed by atoms with Gasteiger partial charge in [0.1, 0.15) is 17.1 Å². The minimum absolute atomic E-state index is 0.0722. The molecule has 0 atom stereocenters. The Kier molecular flexibility index (Phi) is 6.03. The fourth-order valence-corrected chi connectivity index (χ4v) is 3.90. The number of azo groups is 1. The summed E-state index contributed by atoms with van der Waals surface area (Å²) < 4.78 is 26.3. The maximum atomic E-state index is 14.2. The summed E-state index contributed by atoms with van der Waals surface area (Å²) in [5.41, 5.74) is 1.87. The Morgan fingerprint density at radius 3 is 2.72 bits per heavy atom. The average Bonchev–Trinajstić information content (AvgIpc) is 3.12. The van der Waals surface area contributed by atoms with Gasteiger partial charge in [-0.1, -0.05) is 29.8 Å². The van der Waals surface area contributed by atoms with Crippen LogP contribution in [0.25, 0.3) is 21.9 Å². The number of hydrogen-bond donors (Lipinski definition) is 1. The van der Waals surface area contributed by atoms with E-state index in [1.807, 2.05) is 19.1 Å². The first kappa shape index (κ1) is 23.0. The highest BCUT2D eigenvalue weighted by atomic mass is 19.1. The molecule has 3 aromatic carbocycles.